The quantitative estimate of drug-likeness (QED) is 0.660. The number of thioether (sulfide) groups is 1. The molecule has 3 nitrogen and oxygen atoms in total. The van der Waals surface area contributed by atoms with Gasteiger partial charge >= 0.3 is 0 Å². The van der Waals surface area contributed by atoms with Crippen LogP contribution in [0.25, 0.3) is 0 Å². The molecule has 0 aliphatic carbocycles. The average molecular weight is 270 g/mol. The van der Waals surface area contributed by atoms with Gasteiger partial charge in [-0.15, -0.1) is 0 Å². The summed E-state index contributed by atoms with van der Waals surface area (Å²) in [6.07, 6.45) is 2.95. The van der Waals surface area contributed by atoms with Crippen LogP contribution in [0.4, 0.5) is 10.1 Å². The Morgan fingerprint density at radius 1 is 1.50 bits per heavy atom. The van der Waals surface area contributed by atoms with Gasteiger partial charge in [-0.3, -0.25) is 4.79 Å². The Morgan fingerprint density at radius 3 is 2.72 bits per heavy atom. The van der Waals surface area contributed by atoms with Crippen molar-refractivity contribution in [1.82, 2.24) is 4.90 Å². The van der Waals surface area contributed by atoms with Crippen LogP contribution in [0, 0.1) is 12.7 Å². The second kappa shape index (κ2) is 6.64. The van der Waals surface area contributed by atoms with Crippen LogP contribution in [-0.2, 0) is 0 Å². The van der Waals surface area contributed by atoms with E-state index in [2.05, 4.69) is 0 Å². The lowest BCUT2D eigenvalue weighted by Crippen LogP contribution is -2.28. The van der Waals surface area contributed by atoms with Gasteiger partial charge in [-0.2, -0.15) is 11.8 Å². The van der Waals surface area contributed by atoms with E-state index in [1.54, 1.807) is 30.6 Å². The first-order chi connectivity index (χ1) is 8.47. The van der Waals surface area contributed by atoms with Crippen molar-refractivity contribution < 1.29 is 9.18 Å². The summed E-state index contributed by atoms with van der Waals surface area (Å²) in [4.78, 5) is 13.6. The summed E-state index contributed by atoms with van der Waals surface area (Å²) in [6.45, 7) is 2.26. The number of carbonyl (C=O) groups is 1. The monoisotopic (exact) mass is 270 g/mol. The summed E-state index contributed by atoms with van der Waals surface area (Å²) in [5.41, 5.74) is 6.68. The van der Waals surface area contributed by atoms with Gasteiger partial charge in [0.15, 0.2) is 0 Å². The minimum atomic E-state index is -0.434. The first kappa shape index (κ1) is 14.8. The molecule has 0 aliphatic rings. The molecule has 2 N–H and O–H groups in total. The highest BCUT2D eigenvalue weighted by molar-refractivity contribution is 7.98. The van der Waals surface area contributed by atoms with Crippen molar-refractivity contribution >= 4 is 23.4 Å². The number of benzene rings is 1. The third-order valence-corrected chi connectivity index (χ3v) is 3.52. The van der Waals surface area contributed by atoms with Crippen LogP contribution < -0.4 is 5.73 Å². The Balaban J connectivity index is 2.77. The van der Waals surface area contributed by atoms with Crippen LogP contribution in [0.5, 0.6) is 0 Å². The van der Waals surface area contributed by atoms with E-state index in [1.807, 2.05) is 6.26 Å². The zero-order chi connectivity index (χ0) is 13.7. The van der Waals surface area contributed by atoms with E-state index in [1.165, 1.54) is 12.1 Å². The van der Waals surface area contributed by atoms with E-state index in [4.69, 9.17) is 5.73 Å². The fourth-order valence-electron chi connectivity index (χ4n) is 1.59. The predicted molar refractivity (Wildman–Crippen MR) is 75.5 cm³/mol. The molecule has 1 aromatic carbocycles. The van der Waals surface area contributed by atoms with E-state index >= 15 is 0 Å². The number of hydrogen-bond donors (Lipinski definition) is 1. The number of nitrogen functional groups attached to an aromatic ring is 1. The fourth-order valence-corrected chi connectivity index (χ4v) is 2.01. The molecule has 0 unspecified atom stereocenters. The Kier molecular flexibility index (Phi) is 5.47. The molecule has 0 spiro atoms. The number of amides is 1. The van der Waals surface area contributed by atoms with Crippen molar-refractivity contribution in [2.75, 3.05) is 31.3 Å². The number of anilines is 1. The Bertz CT molecular complexity index is 414. The largest absolute Gasteiger partial charge is 0.398 e. The summed E-state index contributed by atoms with van der Waals surface area (Å²) in [5.74, 6) is 0.375. The molecule has 1 aromatic rings. The molecule has 5 heteroatoms. The van der Waals surface area contributed by atoms with Crippen LogP contribution in [0.15, 0.2) is 12.1 Å². The number of halogens is 1. The van der Waals surface area contributed by atoms with Crippen molar-refractivity contribution in [2.45, 2.75) is 13.3 Å². The van der Waals surface area contributed by atoms with Crippen molar-refractivity contribution in [3.05, 3.63) is 29.1 Å². The molecule has 0 fully saturated rings. The first-order valence-electron chi connectivity index (χ1n) is 5.77. The molecule has 0 radical (unpaired) electrons. The van der Waals surface area contributed by atoms with Gasteiger partial charge < -0.3 is 10.6 Å². The molecule has 0 aliphatic heterocycles. The van der Waals surface area contributed by atoms with Crippen molar-refractivity contribution in [1.29, 1.82) is 0 Å². The van der Waals surface area contributed by atoms with E-state index in [0.717, 1.165) is 12.2 Å². The highest BCUT2D eigenvalue weighted by Gasteiger charge is 2.14. The zero-order valence-electron chi connectivity index (χ0n) is 11.0. The molecule has 18 heavy (non-hydrogen) atoms. The SMILES string of the molecule is CSCCCN(C)C(=O)c1cc(N)c(C)c(F)c1. The standard InChI is InChI=1S/C13H19FN2OS/c1-9-11(14)7-10(8-12(9)15)13(17)16(2)5-4-6-18-3/h7-8H,4-6,15H2,1-3H3. The van der Waals surface area contributed by atoms with Crippen LogP contribution in [0.1, 0.15) is 22.3 Å². The van der Waals surface area contributed by atoms with Gasteiger partial charge in [0.05, 0.1) is 0 Å². The van der Waals surface area contributed by atoms with E-state index in [9.17, 15) is 9.18 Å². The van der Waals surface area contributed by atoms with E-state index in [0.29, 0.717) is 23.4 Å². The number of rotatable bonds is 5. The number of nitrogens with two attached hydrogens (primary N) is 1. The molecule has 100 valence electrons. The van der Waals surface area contributed by atoms with Crippen LogP contribution in [0.2, 0.25) is 0 Å². The predicted octanol–water partition coefficient (Wildman–Crippen LogP) is 2.54. The third kappa shape index (κ3) is 3.63. The summed E-state index contributed by atoms with van der Waals surface area (Å²) >= 11 is 1.74. The fraction of sp³-hybridized carbons (Fsp3) is 0.462. The van der Waals surface area contributed by atoms with Gasteiger partial charge in [-0.25, -0.2) is 4.39 Å². The molecule has 0 atom stereocenters. The Labute approximate surface area is 112 Å². The van der Waals surface area contributed by atoms with Crippen molar-refractivity contribution in [2.24, 2.45) is 0 Å². The lowest BCUT2D eigenvalue weighted by atomic mass is 10.1. The van der Waals surface area contributed by atoms with Crippen LogP contribution in [0.3, 0.4) is 0 Å². The summed E-state index contributed by atoms with van der Waals surface area (Å²) in [7, 11) is 1.72. The third-order valence-electron chi connectivity index (χ3n) is 2.82. The highest BCUT2D eigenvalue weighted by atomic mass is 32.2. The smallest absolute Gasteiger partial charge is 0.253 e. The summed E-state index contributed by atoms with van der Waals surface area (Å²) in [6, 6.07) is 2.78. The first-order valence-corrected chi connectivity index (χ1v) is 7.16. The molecule has 0 heterocycles. The minimum Gasteiger partial charge on any atom is -0.398 e. The molecule has 0 aromatic heterocycles. The lowest BCUT2D eigenvalue weighted by molar-refractivity contribution is 0.0795. The van der Waals surface area contributed by atoms with Crippen molar-refractivity contribution in [3.63, 3.8) is 0 Å². The second-order valence-electron chi connectivity index (χ2n) is 4.25. The van der Waals surface area contributed by atoms with Gasteiger partial charge in [0.25, 0.3) is 5.91 Å². The summed E-state index contributed by atoms with van der Waals surface area (Å²) < 4.78 is 13.5. The number of nitrogens with zero attached hydrogens (tertiary/aromatic N) is 1. The Hall–Kier alpha value is -1.23. The number of hydrogen-bond acceptors (Lipinski definition) is 3. The van der Waals surface area contributed by atoms with E-state index in [-0.39, 0.29) is 5.91 Å². The maximum absolute atomic E-state index is 13.5. The van der Waals surface area contributed by atoms with Gasteiger partial charge in [-0.1, -0.05) is 0 Å². The minimum absolute atomic E-state index is 0.193. The molecule has 1 amide bonds. The molecular weight excluding hydrogens is 251 g/mol. The zero-order valence-corrected chi connectivity index (χ0v) is 11.8. The topological polar surface area (TPSA) is 46.3 Å². The van der Waals surface area contributed by atoms with Crippen LogP contribution in [-0.4, -0.2) is 36.4 Å². The van der Waals surface area contributed by atoms with Gasteiger partial charge in [0.1, 0.15) is 5.82 Å². The molecule has 0 saturated carbocycles. The molecular formula is C13H19FN2OS. The second-order valence-corrected chi connectivity index (χ2v) is 5.23. The highest BCUT2D eigenvalue weighted by Crippen LogP contribution is 2.18. The molecule has 1 rings (SSSR count). The normalized spacial score (nSPS) is 10.4. The summed E-state index contributed by atoms with van der Waals surface area (Å²) in [5, 5.41) is 0. The van der Waals surface area contributed by atoms with Crippen LogP contribution >= 0.6 is 11.8 Å². The average Bonchev–Trinajstić information content (AvgIpc) is 2.34. The Morgan fingerprint density at radius 2 is 2.17 bits per heavy atom. The van der Waals surface area contributed by atoms with E-state index < -0.39 is 5.82 Å². The number of carbonyl (C=O) groups excluding carboxylic acids is 1. The van der Waals surface area contributed by atoms with Crippen molar-refractivity contribution in [3.8, 4) is 0 Å². The molecule has 0 saturated heterocycles. The van der Waals surface area contributed by atoms with Gasteiger partial charge in [0.2, 0.25) is 0 Å². The van der Waals surface area contributed by atoms with Gasteiger partial charge in [-0.05, 0) is 37.5 Å². The lowest BCUT2D eigenvalue weighted by Gasteiger charge is -2.17. The maximum atomic E-state index is 13.5. The maximum Gasteiger partial charge on any atom is 0.253 e. The molecule has 0 bridgehead atoms. The van der Waals surface area contributed by atoms with Gasteiger partial charge in [0, 0.05) is 30.4 Å².